The summed E-state index contributed by atoms with van der Waals surface area (Å²) in [6, 6.07) is 8.73. The summed E-state index contributed by atoms with van der Waals surface area (Å²) >= 11 is 1.66. The smallest absolute Gasteiger partial charge is 0.151 e. The van der Waals surface area contributed by atoms with Crippen LogP contribution in [0.5, 0.6) is 5.75 Å². The van der Waals surface area contributed by atoms with Crippen LogP contribution < -0.4 is 10.1 Å². The molecular weight excluding hydrogens is 270 g/mol. The van der Waals surface area contributed by atoms with Crippen LogP contribution in [0.4, 0.5) is 0 Å². The first kappa shape index (κ1) is 13.5. The number of nitrogens with zero attached hydrogens (tertiary/aromatic N) is 2. The zero-order valence-corrected chi connectivity index (χ0v) is 12.4. The Kier molecular flexibility index (Phi) is 4.28. The number of aromatic nitrogens is 2. The molecule has 20 heavy (non-hydrogen) atoms. The third kappa shape index (κ3) is 3.35. The molecule has 1 saturated carbocycles. The molecule has 2 aromatic rings. The summed E-state index contributed by atoms with van der Waals surface area (Å²) in [4.78, 5) is 0. The number of aryl methyl sites for hydroxylation is 1. The van der Waals surface area contributed by atoms with Gasteiger partial charge in [-0.15, -0.1) is 10.2 Å². The van der Waals surface area contributed by atoms with Gasteiger partial charge in [0.15, 0.2) is 5.01 Å². The topological polar surface area (TPSA) is 47.0 Å². The van der Waals surface area contributed by atoms with Crippen molar-refractivity contribution in [2.45, 2.75) is 31.7 Å². The molecule has 0 amide bonds. The number of hydrogen-bond acceptors (Lipinski definition) is 5. The van der Waals surface area contributed by atoms with E-state index >= 15 is 0 Å². The minimum absolute atomic E-state index is 0.786. The van der Waals surface area contributed by atoms with Crippen LogP contribution in [-0.4, -0.2) is 29.9 Å². The number of nitrogens with one attached hydrogen (secondary N) is 1. The normalized spacial score (nSPS) is 14.4. The lowest BCUT2D eigenvalue weighted by Gasteiger charge is -2.03. The molecule has 0 bridgehead atoms. The van der Waals surface area contributed by atoms with Crippen LogP contribution in [-0.2, 0) is 6.42 Å². The van der Waals surface area contributed by atoms with Crippen molar-refractivity contribution in [2.75, 3.05) is 13.7 Å². The van der Waals surface area contributed by atoms with Gasteiger partial charge in [0.05, 0.1) is 12.7 Å². The van der Waals surface area contributed by atoms with Crippen LogP contribution in [0, 0.1) is 0 Å². The minimum Gasteiger partial charge on any atom is -0.496 e. The molecule has 5 heteroatoms. The van der Waals surface area contributed by atoms with Crippen LogP contribution in [0.1, 0.15) is 24.3 Å². The molecule has 1 aromatic heterocycles. The minimum atomic E-state index is 0.786. The molecule has 1 aromatic carbocycles. The van der Waals surface area contributed by atoms with E-state index in [9.17, 15) is 0 Å². The summed E-state index contributed by atoms with van der Waals surface area (Å²) in [5, 5.41) is 14.1. The van der Waals surface area contributed by atoms with Crippen molar-refractivity contribution in [3.05, 3.63) is 29.3 Å². The lowest BCUT2D eigenvalue weighted by Crippen LogP contribution is -2.17. The van der Waals surface area contributed by atoms with Gasteiger partial charge in [-0.1, -0.05) is 23.5 Å². The Bertz CT molecular complexity index is 566. The van der Waals surface area contributed by atoms with E-state index in [4.69, 9.17) is 4.74 Å². The Balaban J connectivity index is 1.60. The first-order chi connectivity index (χ1) is 9.86. The maximum Gasteiger partial charge on any atom is 0.151 e. The van der Waals surface area contributed by atoms with E-state index in [1.165, 1.54) is 12.8 Å². The Hall–Kier alpha value is -1.46. The molecule has 1 fully saturated rings. The third-order valence-corrected chi connectivity index (χ3v) is 4.40. The average Bonchev–Trinajstić information content (AvgIpc) is 3.20. The molecule has 0 atom stereocenters. The third-order valence-electron chi connectivity index (χ3n) is 3.38. The lowest BCUT2D eigenvalue weighted by atomic mass is 10.2. The van der Waals surface area contributed by atoms with Crippen molar-refractivity contribution in [1.29, 1.82) is 0 Å². The van der Waals surface area contributed by atoms with Crippen molar-refractivity contribution < 1.29 is 4.74 Å². The summed E-state index contributed by atoms with van der Waals surface area (Å²) in [7, 11) is 1.68. The first-order valence-electron chi connectivity index (χ1n) is 7.06. The summed E-state index contributed by atoms with van der Waals surface area (Å²) in [6.45, 7) is 1.08. The number of benzene rings is 1. The molecule has 1 heterocycles. The fraction of sp³-hybridized carbons (Fsp3) is 0.467. The van der Waals surface area contributed by atoms with Crippen molar-refractivity contribution in [3.63, 3.8) is 0 Å². The van der Waals surface area contributed by atoms with Crippen molar-refractivity contribution >= 4 is 11.3 Å². The van der Waals surface area contributed by atoms with Crippen molar-refractivity contribution in [1.82, 2.24) is 15.5 Å². The molecule has 3 rings (SSSR count). The Morgan fingerprint density at radius 2 is 2.15 bits per heavy atom. The molecule has 0 aliphatic heterocycles. The molecular formula is C15H19N3OS. The predicted octanol–water partition coefficient (Wildman–Crippen LogP) is 2.90. The van der Waals surface area contributed by atoms with Crippen LogP contribution in [0.15, 0.2) is 24.3 Å². The monoisotopic (exact) mass is 289 g/mol. The van der Waals surface area contributed by atoms with Gasteiger partial charge in [0.25, 0.3) is 0 Å². The number of para-hydroxylation sites is 1. The number of methoxy groups -OCH3 is 1. The predicted molar refractivity (Wildman–Crippen MR) is 81.2 cm³/mol. The highest BCUT2D eigenvalue weighted by Crippen LogP contribution is 2.31. The second kappa shape index (κ2) is 6.33. The molecule has 0 radical (unpaired) electrons. The molecule has 0 saturated heterocycles. The molecule has 0 spiro atoms. The Morgan fingerprint density at radius 1 is 1.30 bits per heavy atom. The summed E-state index contributed by atoms with van der Waals surface area (Å²) < 4.78 is 5.37. The van der Waals surface area contributed by atoms with E-state index < -0.39 is 0 Å². The van der Waals surface area contributed by atoms with Crippen molar-refractivity contribution in [2.24, 2.45) is 0 Å². The Morgan fingerprint density at radius 3 is 2.95 bits per heavy atom. The van der Waals surface area contributed by atoms with Gasteiger partial charge in [-0.3, -0.25) is 0 Å². The largest absolute Gasteiger partial charge is 0.496 e. The summed E-state index contributed by atoms with van der Waals surface area (Å²) in [5.74, 6) is 0.852. The van der Waals surface area contributed by atoms with Gasteiger partial charge >= 0.3 is 0 Å². The van der Waals surface area contributed by atoms with Crippen molar-refractivity contribution in [3.8, 4) is 16.3 Å². The molecule has 106 valence electrons. The summed E-state index contributed by atoms with van der Waals surface area (Å²) in [6.07, 6.45) is 4.80. The number of rotatable bonds is 7. The fourth-order valence-corrected chi connectivity index (χ4v) is 3.03. The highest BCUT2D eigenvalue weighted by atomic mass is 32.1. The molecule has 1 N–H and O–H groups in total. The van der Waals surface area contributed by atoms with E-state index in [1.807, 2.05) is 24.3 Å². The van der Waals surface area contributed by atoms with Gasteiger partial charge in [0, 0.05) is 12.5 Å². The number of ether oxygens (including phenoxy) is 1. The van der Waals surface area contributed by atoms with E-state index in [-0.39, 0.29) is 0 Å². The van der Waals surface area contributed by atoms with Crippen LogP contribution in [0.25, 0.3) is 10.6 Å². The van der Waals surface area contributed by atoms with E-state index in [1.54, 1.807) is 18.4 Å². The van der Waals surface area contributed by atoms with Crippen LogP contribution >= 0.6 is 11.3 Å². The standard InChI is InChI=1S/C15H19N3OS/c1-19-13-6-3-2-5-12(13)15-18-17-14(20-15)7-4-10-16-11-8-9-11/h2-3,5-6,11,16H,4,7-10H2,1H3. The first-order valence-corrected chi connectivity index (χ1v) is 7.87. The number of hydrogen-bond donors (Lipinski definition) is 1. The molecule has 1 aliphatic carbocycles. The highest BCUT2D eigenvalue weighted by molar-refractivity contribution is 7.14. The maximum absolute atomic E-state index is 5.37. The van der Waals surface area contributed by atoms with Gasteiger partial charge in [0.1, 0.15) is 10.8 Å². The second-order valence-corrected chi connectivity index (χ2v) is 6.10. The molecule has 0 unspecified atom stereocenters. The lowest BCUT2D eigenvalue weighted by molar-refractivity contribution is 0.416. The van der Waals surface area contributed by atoms with Gasteiger partial charge in [-0.05, 0) is 37.9 Å². The second-order valence-electron chi connectivity index (χ2n) is 5.03. The molecule has 4 nitrogen and oxygen atoms in total. The maximum atomic E-state index is 5.37. The van der Waals surface area contributed by atoms with E-state index in [2.05, 4.69) is 15.5 Å². The molecule has 1 aliphatic rings. The summed E-state index contributed by atoms with van der Waals surface area (Å²) in [5.41, 5.74) is 1.02. The van der Waals surface area contributed by atoms with Gasteiger partial charge in [-0.25, -0.2) is 0 Å². The zero-order valence-electron chi connectivity index (χ0n) is 11.6. The highest BCUT2D eigenvalue weighted by Gasteiger charge is 2.19. The zero-order chi connectivity index (χ0) is 13.8. The van der Waals surface area contributed by atoms with Gasteiger partial charge in [0.2, 0.25) is 0 Å². The van der Waals surface area contributed by atoms with E-state index in [0.717, 1.165) is 46.8 Å². The quantitative estimate of drug-likeness (QED) is 0.796. The SMILES string of the molecule is COc1ccccc1-c1nnc(CCCNC2CC2)s1. The van der Waals surface area contributed by atoms with Gasteiger partial charge in [-0.2, -0.15) is 0 Å². The van der Waals surface area contributed by atoms with Gasteiger partial charge < -0.3 is 10.1 Å². The van der Waals surface area contributed by atoms with Crippen LogP contribution in [0.3, 0.4) is 0 Å². The average molecular weight is 289 g/mol. The van der Waals surface area contributed by atoms with Crippen LogP contribution in [0.2, 0.25) is 0 Å². The van der Waals surface area contributed by atoms with E-state index in [0.29, 0.717) is 0 Å². The fourth-order valence-electron chi connectivity index (χ4n) is 2.12. The Labute approximate surface area is 123 Å².